The molecule has 0 amide bonds. The number of halogens is 4. The van der Waals surface area contributed by atoms with Crippen LogP contribution in [-0.4, -0.2) is 68.7 Å². The second kappa shape index (κ2) is 11.7. The molecule has 1 aliphatic heterocycles. The quantitative estimate of drug-likeness (QED) is 0.251. The molecule has 3 aromatic heterocycles. The van der Waals surface area contributed by atoms with Gasteiger partial charge in [-0.15, -0.1) is 0 Å². The van der Waals surface area contributed by atoms with Gasteiger partial charge in [-0.1, -0.05) is 17.4 Å². The minimum atomic E-state index is -4.93. The summed E-state index contributed by atoms with van der Waals surface area (Å²) in [6.07, 6.45) is -2.10. The highest BCUT2D eigenvalue weighted by molar-refractivity contribution is 7.20. The summed E-state index contributed by atoms with van der Waals surface area (Å²) in [5.41, 5.74) is 0.264. The van der Waals surface area contributed by atoms with Gasteiger partial charge in [-0.3, -0.25) is 14.1 Å². The Hall–Kier alpha value is -4.40. The third-order valence-electron chi connectivity index (χ3n) is 7.14. The van der Waals surface area contributed by atoms with Crippen molar-refractivity contribution in [3.8, 4) is 21.8 Å². The number of hydrogen-bond acceptors (Lipinski definition) is 9. The largest absolute Gasteiger partial charge is 0.419 e. The number of benzene rings is 2. The molecule has 0 radical (unpaired) electrons. The van der Waals surface area contributed by atoms with E-state index in [1.807, 2.05) is 24.3 Å². The smallest absolute Gasteiger partial charge is 0.395 e. The summed E-state index contributed by atoms with van der Waals surface area (Å²) in [5, 5.41) is 12.4. The number of nitrogens with zero attached hydrogens (tertiary/aromatic N) is 6. The molecule has 0 aliphatic carbocycles. The zero-order chi connectivity index (χ0) is 30.1. The number of aromatic nitrogens is 4. The summed E-state index contributed by atoms with van der Waals surface area (Å²) in [5.74, 6) is -1.17. The number of piperazine rings is 1. The molecule has 1 aliphatic rings. The van der Waals surface area contributed by atoms with Gasteiger partial charge in [-0.25, -0.2) is 19.3 Å². The molecule has 0 spiro atoms. The number of rotatable bonds is 7. The van der Waals surface area contributed by atoms with Crippen molar-refractivity contribution in [1.29, 1.82) is 0 Å². The van der Waals surface area contributed by atoms with Gasteiger partial charge in [-0.2, -0.15) is 13.2 Å². The van der Waals surface area contributed by atoms with Gasteiger partial charge in [0, 0.05) is 68.1 Å². The van der Waals surface area contributed by atoms with Crippen LogP contribution in [0.2, 0.25) is 0 Å². The van der Waals surface area contributed by atoms with E-state index in [1.165, 1.54) is 28.9 Å². The highest BCUT2D eigenvalue weighted by Gasteiger charge is 2.35. The number of nitrogens with one attached hydrogen (secondary N) is 1. The maximum atomic E-state index is 14.1. The molecule has 0 atom stereocenters. The summed E-state index contributed by atoms with van der Waals surface area (Å²) in [6, 6.07) is 13.2. The lowest BCUT2D eigenvalue weighted by Gasteiger charge is -2.35. The number of aliphatic hydroxyl groups is 1. The Kier molecular flexibility index (Phi) is 7.81. The maximum absolute atomic E-state index is 14.1. The lowest BCUT2D eigenvalue weighted by molar-refractivity contribution is -0.139. The summed E-state index contributed by atoms with van der Waals surface area (Å²) >= 11 is 1.08. The van der Waals surface area contributed by atoms with E-state index < -0.39 is 23.1 Å². The lowest BCUT2D eigenvalue weighted by atomic mass is 10.1. The first kappa shape index (κ1) is 28.7. The third-order valence-corrected chi connectivity index (χ3v) is 8.21. The Morgan fingerprint density at radius 3 is 2.53 bits per heavy atom. The predicted molar refractivity (Wildman–Crippen MR) is 156 cm³/mol. The highest BCUT2D eigenvalue weighted by atomic mass is 32.1. The van der Waals surface area contributed by atoms with Gasteiger partial charge in [0.1, 0.15) is 5.82 Å². The Labute approximate surface area is 246 Å². The monoisotopic (exact) mass is 611 g/mol. The summed E-state index contributed by atoms with van der Waals surface area (Å²) < 4.78 is 56.1. The van der Waals surface area contributed by atoms with Gasteiger partial charge < -0.3 is 15.3 Å². The number of fused-ring (bicyclic) bond motifs is 1. The Morgan fingerprint density at radius 1 is 0.977 bits per heavy atom. The molecule has 5 aromatic rings. The molecule has 2 N–H and O–H groups in total. The second-order valence-electron chi connectivity index (χ2n) is 9.87. The first-order chi connectivity index (χ1) is 20.7. The van der Waals surface area contributed by atoms with Crippen LogP contribution in [0.25, 0.3) is 26.8 Å². The van der Waals surface area contributed by atoms with Crippen LogP contribution >= 0.6 is 11.3 Å². The molecule has 0 saturated carbocycles. The Morgan fingerprint density at radius 2 is 1.77 bits per heavy atom. The van der Waals surface area contributed by atoms with Crippen molar-refractivity contribution in [2.24, 2.45) is 0 Å². The zero-order valence-corrected chi connectivity index (χ0v) is 23.4. The number of hydrogen-bond donors (Lipinski definition) is 2. The maximum Gasteiger partial charge on any atom is 0.419 e. The van der Waals surface area contributed by atoms with Crippen LogP contribution in [0, 0.1) is 5.82 Å². The molecular formula is C29H25F4N7O2S. The van der Waals surface area contributed by atoms with E-state index in [0.29, 0.717) is 23.2 Å². The van der Waals surface area contributed by atoms with E-state index in [1.54, 1.807) is 6.07 Å². The van der Waals surface area contributed by atoms with Crippen LogP contribution in [0.5, 0.6) is 0 Å². The molecule has 222 valence electrons. The van der Waals surface area contributed by atoms with Crippen LogP contribution in [0.15, 0.2) is 71.8 Å². The Balaban J connectivity index is 1.35. The number of alkyl halides is 3. The van der Waals surface area contributed by atoms with Crippen molar-refractivity contribution in [2.45, 2.75) is 6.18 Å². The summed E-state index contributed by atoms with van der Waals surface area (Å²) in [6.45, 7) is 4.11. The van der Waals surface area contributed by atoms with Crippen molar-refractivity contribution < 1.29 is 22.7 Å². The van der Waals surface area contributed by atoms with E-state index in [0.717, 1.165) is 55.0 Å². The van der Waals surface area contributed by atoms with Gasteiger partial charge in [0.05, 0.1) is 28.4 Å². The van der Waals surface area contributed by atoms with Crippen molar-refractivity contribution >= 4 is 33.6 Å². The second-order valence-corrected chi connectivity index (χ2v) is 10.8. The number of β-amino-alcohol motifs (C(OH)–C–C–N with tert-alkyl or cyclic N) is 1. The number of aliphatic hydroxyl groups excluding tert-OH is 1. The standard InChI is InChI=1S/C29H25F4N7O2S/c30-22-5-4-18(16-21(22)29(31,32)33)25-26(43-28-35-9-7-24(42)40(25)28)23-6-8-34-27(37-23)36-19-2-1-3-20(17-19)39-12-10-38(11-13-39)14-15-41/h1-9,16-17,41H,10-15H2,(H,34,36,37). The van der Waals surface area contributed by atoms with Gasteiger partial charge in [-0.05, 0) is 42.5 Å². The molecule has 0 unspecified atom stereocenters. The average molecular weight is 612 g/mol. The van der Waals surface area contributed by atoms with Crippen molar-refractivity contribution in [3.05, 3.63) is 88.7 Å². The average Bonchev–Trinajstić information content (AvgIpc) is 3.39. The zero-order valence-electron chi connectivity index (χ0n) is 22.6. The molecule has 1 fully saturated rings. The minimum absolute atomic E-state index is 0.00927. The molecule has 0 bridgehead atoms. The molecular weight excluding hydrogens is 586 g/mol. The molecule has 14 heteroatoms. The lowest BCUT2D eigenvalue weighted by Crippen LogP contribution is -2.47. The highest BCUT2D eigenvalue weighted by Crippen LogP contribution is 2.40. The molecule has 43 heavy (non-hydrogen) atoms. The fourth-order valence-electron chi connectivity index (χ4n) is 5.06. The molecule has 1 saturated heterocycles. The van der Waals surface area contributed by atoms with Crippen LogP contribution in [0.4, 0.5) is 34.9 Å². The van der Waals surface area contributed by atoms with E-state index in [9.17, 15) is 27.5 Å². The van der Waals surface area contributed by atoms with E-state index in [4.69, 9.17) is 0 Å². The first-order valence-electron chi connectivity index (χ1n) is 13.4. The molecule has 9 nitrogen and oxygen atoms in total. The van der Waals surface area contributed by atoms with Crippen LogP contribution in [0.1, 0.15) is 5.56 Å². The topological polar surface area (TPSA) is 98.9 Å². The van der Waals surface area contributed by atoms with E-state index >= 15 is 0 Å². The molecule has 6 rings (SSSR count). The summed E-state index contributed by atoms with van der Waals surface area (Å²) in [4.78, 5) is 31.1. The SMILES string of the molecule is O=c1ccnc2sc(-c3ccnc(Nc4cccc(N5CCN(CCO)CC5)c4)n3)c(-c3ccc(F)c(C(F)(F)F)c3)n12. The normalized spacial score (nSPS) is 14.4. The fraction of sp³-hybridized carbons (Fsp3) is 0.241. The summed E-state index contributed by atoms with van der Waals surface area (Å²) in [7, 11) is 0. The van der Waals surface area contributed by atoms with E-state index in [2.05, 4.69) is 30.1 Å². The molecule has 4 heterocycles. The van der Waals surface area contributed by atoms with Gasteiger partial charge in [0.15, 0.2) is 4.96 Å². The van der Waals surface area contributed by atoms with Crippen molar-refractivity contribution in [3.63, 3.8) is 0 Å². The van der Waals surface area contributed by atoms with Crippen molar-refractivity contribution in [2.75, 3.05) is 49.5 Å². The fourth-order valence-corrected chi connectivity index (χ4v) is 6.15. The van der Waals surface area contributed by atoms with Gasteiger partial charge in [0.25, 0.3) is 5.56 Å². The first-order valence-corrected chi connectivity index (χ1v) is 14.2. The Bertz CT molecular complexity index is 1830. The van der Waals surface area contributed by atoms with E-state index in [-0.39, 0.29) is 28.8 Å². The number of thiazole rings is 1. The third kappa shape index (κ3) is 5.94. The van der Waals surface area contributed by atoms with Crippen LogP contribution in [0.3, 0.4) is 0 Å². The predicted octanol–water partition coefficient (Wildman–Crippen LogP) is 4.90. The van der Waals surface area contributed by atoms with Crippen LogP contribution < -0.4 is 15.8 Å². The van der Waals surface area contributed by atoms with Crippen molar-refractivity contribution in [1.82, 2.24) is 24.3 Å². The minimum Gasteiger partial charge on any atom is -0.395 e. The van der Waals surface area contributed by atoms with Crippen LogP contribution in [-0.2, 0) is 6.18 Å². The number of anilines is 3. The molecule has 2 aromatic carbocycles. The van der Waals surface area contributed by atoms with Gasteiger partial charge in [0.2, 0.25) is 5.95 Å². The van der Waals surface area contributed by atoms with Gasteiger partial charge >= 0.3 is 6.18 Å².